The highest BCUT2D eigenvalue weighted by Crippen LogP contribution is 2.31. The van der Waals surface area contributed by atoms with Crippen molar-refractivity contribution in [3.63, 3.8) is 0 Å². The van der Waals surface area contributed by atoms with Crippen LogP contribution in [0.1, 0.15) is 30.5 Å². The highest BCUT2D eigenvalue weighted by atomic mass is 16.4. The molecule has 0 spiro atoms. The Morgan fingerprint density at radius 3 is 2.65 bits per heavy atom. The van der Waals surface area contributed by atoms with Crippen LogP contribution in [0, 0.1) is 6.92 Å². The highest BCUT2D eigenvalue weighted by Gasteiger charge is 2.18. The second kappa shape index (κ2) is 4.24. The molecule has 0 aliphatic rings. The molecule has 1 atom stereocenters. The molecule has 3 nitrogen and oxygen atoms in total. The number of aliphatic carboxylic acids is 1. The molecular formula is C14H17NO2. The van der Waals surface area contributed by atoms with E-state index in [1.54, 1.807) is 0 Å². The van der Waals surface area contributed by atoms with Gasteiger partial charge in [0.25, 0.3) is 0 Å². The van der Waals surface area contributed by atoms with Gasteiger partial charge in [0, 0.05) is 29.6 Å². The van der Waals surface area contributed by atoms with Crippen molar-refractivity contribution in [3.8, 4) is 0 Å². The Morgan fingerprint density at radius 1 is 1.41 bits per heavy atom. The van der Waals surface area contributed by atoms with E-state index in [9.17, 15) is 4.79 Å². The van der Waals surface area contributed by atoms with E-state index in [-0.39, 0.29) is 12.3 Å². The summed E-state index contributed by atoms with van der Waals surface area (Å²) >= 11 is 0. The van der Waals surface area contributed by atoms with Gasteiger partial charge in [-0.1, -0.05) is 25.1 Å². The number of carboxylic acid groups (broad SMARTS) is 1. The summed E-state index contributed by atoms with van der Waals surface area (Å²) in [5, 5.41) is 10.1. The molecule has 2 aromatic rings. The minimum Gasteiger partial charge on any atom is -0.481 e. The van der Waals surface area contributed by atoms with Crippen LogP contribution < -0.4 is 0 Å². The van der Waals surface area contributed by atoms with Crippen LogP contribution in [0.5, 0.6) is 0 Å². The molecule has 1 heterocycles. The molecule has 0 saturated carbocycles. The monoisotopic (exact) mass is 231 g/mol. The first-order valence-corrected chi connectivity index (χ1v) is 5.78. The van der Waals surface area contributed by atoms with E-state index in [1.165, 1.54) is 10.9 Å². The number of aryl methyl sites for hydroxylation is 2. The average molecular weight is 231 g/mol. The third kappa shape index (κ3) is 1.93. The van der Waals surface area contributed by atoms with Gasteiger partial charge in [-0.3, -0.25) is 4.79 Å². The lowest BCUT2D eigenvalue weighted by molar-refractivity contribution is -0.137. The summed E-state index contributed by atoms with van der Waals surface area (Å²) in [5.74, 6) is -0.716. The van der Waals surface area contributed by atoms with Gasteiger partial charge in [-0.15, -0.1) is 0 Å². The van der Waals surface area contributed by atoms with Crippen molar-refractivity contribution < 1.29 is 9.90 Å². The molecule has 17 heavy (non-hydrogen) atoms. The second-order valence-electron chi connectivity index (χ2n) is 4.59. The lowest BCUT2D eigenvalue weighted by Gasteiger charge is -2.12. The van der Waals surface area contributed by atoms with Gasteiger partial charge in [0.1, 0.15) is 0 Å². The summed E-state index contributed by atoms with van der Waals surface area (Å²) in [5.41, 5.74) is 3.47. The molecule has 1 N–H and O–H groups in total. The standard InChI is InChI=1S/C14H17NO2/c1-9(8-13(16)17)14-10(2)11-6-4-5-7-12(11)15(14)3/h4-7,9H,8H2,1-3H3,(H,16,17). The summed E-state index contributed by atoms with van der Waals surface area (Å²) < 4.78 is 2.11. The molecule has 1 aromatic carbocycles. The molecule has 1 unspecified atom stereocenters. The molecule has 0 aliphatic carbocycles. The number of hydrogen-bond acceptors (Lipinski definition) is 1. The smallest absolute Gasteiger partial charge is 0.304 e. The third-order valence-corrected chi connectivity index (χ3v) is 3.36. The fourth-order valence-electron chi connectivity index (χ4n) is 2.66. The van der Waals surface area contributed by atoms with Gasteiger partial charge in [-0.2, -0.15) is 0 Å². The molecular weight excluding hydrogens is 214 g/mol. The average Bonchev–Trinajstić information content (AvgIpc) is 2.51. The van der Waals surface area contributed by atoms with Crippen molar-refractivity contribution in [2.45, 2.75) is 26.2 Å². The molecule has 0 fully saturated rings. The number of fused-ring (bicyclic) bond motifs is 1. The first-order chi connectivity index (χ1) is 8.02. The van der Waals surface area contributed by atoms with Gasteiger partial charge in [0.15, 0.2) is 0 Å². The third-order valence-electron chi connectivity index (χ3n) is 3.36. The van der Waals surface area contributed by atoms with Gasteiger partial charge in [-0.25, -0.2) is 0 Å². The lowest BCUT2D eigenvalue weighted by Crippen LogP contribution is -2.08. The predicted octanol–water partition coefficient (Wildman–Crippen LogP) is 3.06. The van der Waals surface area contributed by atoms with Crippen molar-refractivity contribution in [3.05, 3.63) is 35.5 Å². The van der Waals surface area contributed by atoms with Gasteiger partial charge in [-0.05, 0) is 18.6 Å². The SMILES string of the molecule is Cc1c(C(C)CC(=O)O)n(C)c2ccccc12. The summed E-state index contributed by atoms with van der Waals surface area (Å²) in [6.45, 7) is 4.03. The van der Waals surface area contributed by atoms with Gasteiger partial charge < -0.3 is 9.67 Å². The number of aromatic nitrogens is 1. The fraction of sp³-hybridized carbons (Fsp3) is 0.357. The van der Waals surface area contributed by atoms with Crippen LogP contribution in [0.15, 0.2) is 24.3 Å². The van der Waals surface area contributed by atoms with Gasteiger partial charge >= 0.3 is 5.97 Å². The van der Waals surface area contributed by atoms with E-state index in [0.29, 0.717) is 0 Å². The topological polar surface area (TPSA) is 42.2 Å². The Balaban J connectivity index is 2.57. The van der Waals surface area contributed by atoms with E-state index < -0.39 is 5.97 Å². The number of rotatable bonds is 3. The van der Waals surface area contributed by atoms with Crippen molar-refractivity contribution in [2.75, 3.05) is 0 Å². The Kier molecular flexibility index (Phi) is 2.92. The number of nitrogens with zero attached hydrogens (tertiary/aromatic N) is 1. The molecule has 3 heteroatoms. The Labute approximate surface area is 101 Å². The summed E-state index contributed by atoms with van der Waals surface area (Å²) in [4.78, 5) is 10.8. The van der Waals surface area contributed by atoms with Crippen LogP contribution in [0.3, 0.4) is 0 Å². The van der Waals surface area contributed by atoms with Crippen LogP contribution in [-0.2, 0) is 11.8 Å². The number of carbonyl (C=O) groups is 1. The quantitative estimate of drug-likeness (QED) is 0.882. The fourth-order valence-corrected chi connectivity index (χ4v) is 2.66. The second-order valence-corrected chi connectivity index (χ2v) is 4.59. The van der Waals surface area contributed by atoms with E-state index >= 15 is 0 Å². The number of para-hydroxylation sites is 1. The highest BCUT2D eigenvalue weighted by molar-refractivity contribution is 5.85. The van der Waals surface area contributed by atoms with Crippen molar-refractivity contribution >= 4 is 16.9 Å². The molecule has 2 rings (SSSR count). The van der Waals surface area contributed by atoms with E-state index in [4.69, 9.17) is 5.11 Å². The minimum atomic E-state index is -0.748. The van der Waals surface area contributed by atoms with Crippen LogP contribution in [-0.4, -0.2) is 15.6 Å². The number of hydrogen-bond donors (Lipinski definition) is 1. The van der Waals surface area contributed by atoms with E-state index in [0.717, 1.165) is 11.2 Å². The number of carboxylic acids is 1. The molecule has 0 amide bonds. The maximum Gasteiger partial charge on any atom is 0.304 e. The zero-order chi connectivity index (χ0) is 12.6. The summed E-state index contributed by atoms with van der Waals surface area (Å²) in [6.07, 6.45) is 0.172. The lowest BCUT2D eigenvalue weighted by atomic mass is 10.00. The van der Waals surface area contributed by atoms with Crippen molar-refractivity contribution in [1.29, 1.82) is 0 Å². The maximum absolute atomic E-state index is 10.8. The van der Waals surface area contributed by atoms with Crippen LogP contribution in [0.2, 0.25) is 0 Å². The largest absolute Gasteiger partial charge is 0.481 e. The Hall–Kier alpha value is -1.77. The summed E-state index contributed by atoms with van der Waals surface area (Å²) in [6, 6.07) is 8.18. The maximum atomic E-state index is 10.8. The minimum absolute atomic E-state index is 0.0323. The first kappa shape index (κ1) is 11.7. The van der Waals surface area contributed by atoms with Crippen LogP contribution >= 0.6 is 0 Å². The zero-order valence-corrected chi connectivity index (χ0v) is 10.4. The first-order valence-electron chi connectivity index (χ1n) is 5.78. The summed E-state index contributed by atoms with van der Waals surface area (Å²) in [7, 11) is 2.00. The van der Waals surface area contributed by atoms with Crippen LogP contribution in [0.25, 0.3) is 10.9 Å². The molecule has 0 bridgehead atoms. The molecule has 0 aliphatic heterocycles. The normalized spacial score (nSPS) is 12.9. The van der Waals surface area contributed by atoms with Gasteiger partial charge in [0.2, 0.25) is 0 Å². The molecule has 90 valence electrons. The van der Waals surface area contributed by atoms with Crippen molar-refractivity contribution in [1.82, 2.24) is 4.57 Å². The van der Waals surface area contributed by atoms with E-state index in [1.807, 2.05) is 26.1 Å². The van der Waals surface area contributed by atoms with E-state index in [2.05, 4.69) is 23.6 Å². The number of benzene rings is 1. The van der Waals surface area contributed by atoms with Crippen molar-refractivity contribution in [2.24, 2.45) is 7.05 Å². The van der Waals surface area contributed by atoms with Crippen LogP contribution in [0.4, 0.5) is 0 Å². The Morgan fingerprint density at radius 2 is 2.06 bits per heavy atom. The zero-order valence-electron chi connectivity index (χ0n) is 10.4. The molecule has 1 aromatic heterocycles. The molecule has 0 radical (unpaired) electrons. The Bertz CT molecular complexity index is 530. The predicted molar refractivity (Wildman–Crippen MR) is 68.3 cm³/mol. The van der Waals surface area contributed by atoms with Gasteiger partial charge in [0.05, 0.1) is 6.42 Å². The molecule has 0 saturated heterocycles.